The zero-order valence-electron chi connectivity index (χ0n) is 8.94. The Morgan fingerprint density at radius 2 is 2.50 bits per heavy atom. The standard InChI is InChI=1S/C11H15N3O2/c15-10-7-13-5-3-9(10)11(16)14-8-2-1-4-12-6-8/h3,5,7-8,12,15H,1-2,4,6H2,(H,14,16). The smallest absolute Gasteiger partial charge is 0.255 e. The molecule has 3 N–H and O–H groups in total. The van der Waals surface area contributed by atoms with Gasteiger partial charge in [0, 0.05) is 18.8 Å². The zero-order valence-corrected chi connectivity index (χ0v) is 8.94. The van der Waals surface area contributed by atoms with Gasteiger partial charge < -0.3 is 15.7 Å². The summed E-state index contributed by atoms with van der Waals surface area (Å²) in [6.07, 6.45) is 4.81. The topological polar surface area (TPSA) is 74.2 Å². The van der Waals surface area contributed by atoms with Gasteiger partial charge in [-0.2, -0.15) is 0 Å². The van der Waals surface area contributed by atoms with Crippen LogP contribution in [0.1, 0.15) is 23.2 Å². The number of piperidine rings is 1. The van der Waals surface area contributed by atoms with Crippen LogP contribution in [0.15, 0.2) is 18.5 Å². The normalized spacial score (nSPS) is 20.4. The van der Waals surface area contributed by atoms with E-state index in [4.69, 9.17) is 0 Å². The van der Waals surface area contributed by atoms with Crippen molar-refractivity contribution in [2.45, 2.75) is 18.9 Å². The van der Waals surface area contributed by atoms with Crippen molar-refractivity contribution in [3.05, 3.63) is 24.0 Å². The van der Waals surface area contributed by atoms with E-state index in [1.807, 2.05) is 0 Å². The molecule has 0 saturated carbocycles. The largest absolute Gasteiger partial charge is 0.505 e. The average molecular weight is 221 g/mol. The maximum atomic E-state index is 11.8. The number of pyridine rings is 1. The van der Waals surface area contributed by atoms with E-state index in [1.165, 1.54) is 18.5 Å². The lowest BCUT2D eigenvalue weighted by atomic mass is 10.1. The number of carbonyl (C=O) groups excluding carboxylic acids is 1. The molecule has 5 heteroatoms. The summed E-state index contributed by atoms with van der Waals surface area (Å²) in [4.78, 5) is 15.5. The Bertz CT molecular complexity index is 375. The molecule has 1 aromatic rings. The number of hydrogen-bond acceptors (Lipinski definition) is 4. The molecule has 0 spiro atoms. The first-order chi connectivity index (χ1) is 7.77. The quantitative estimate of drug-likeness (QED) is 0.670. The molecular weight excluding hydrogens is 206 g/mol. The van der Waals surface area contributed by atoms with E-state index in [0.717, 1.165) is 25.9 Å². The third-order valence-corrected chi connectivity index (χ3v) is 2.68. The molecule has 16 heavy (non-hydrogen) atoms. The van der Waals surface area contributed by atoms with Crippen LogP contribution in [-0.2, 0) is 0 Å². The van der Waals surface area contributed by atoms with E-state index in [1.54, 1.807) is 0 Å². The highest BCUT2D eigenvalue weighted by Gasteiger charge is 2.17. The number of rotatable bonds is 2. The van der Waals surface area contributed by atoms with Crippen LogP contribution < -0.4 is 10.6 Å². The summed E-state index contributed by atoms with van der Waals surface area (Å²) in [5.41, 5.74) is 0.278. The first-order valence-electron chi connectivity index (χ1n) is 5.42. The molecule has 1 unspecified atom stereocenters. The molecule has 0 aliphatic carbocycles. The molecule has 2 heterocycles. The van der Waals surface area contributed by atoms with Crippen LogP contribution in [0.5, 0.6) is 5.75 Å². The second kappa shape index (κ2) is 4.94. The number of hydrogen-bond donors (Lipinski definition) is 3. The number of nitrogens with one attached hydrogen (secondary N) is 2. The van der Waals surface area contributed by atoms with Gasteiger partial charge in [0.05, 0.1) is 11.8 Å². The molecule has 0 aromatic carbocycles. The third-order valence-electron chi connectivity index (χ3n) is 2.68. The van der Waals surface area contributed by atoms with Crippen molar-refractivity contribution >= 4 is 5.91 Å². The second-order valence-corrected chi connectivity index (χ2v) is 3.91. The number of aromatic hydroxyl groups is 1. The summed E-state index contributed by atoms with van der Waals surface area (Å²) in [7, 11) is 0. The van der Waals surface area contributed by atoms with Crippen LogP contribution >= 0.6 is 0 Å². The average Bonchev–Trinajstić information content (AvgIpc) is 2.31. The summed E-state index contributed by atoms with van der Waals surface area (Å²) in [5, 5.41) is 15.6. The minimum Gasteiger partial charge on any atom is -0.505 e. The van der Waals surface area contributed by atoms with Gasteiger partial charge in [0.2, 0.25) is 0 Å². The fourth-order valence-corrected chi connectivity index (χ4v) is 1.82. The molecular formula is C11H15N3O2. The Hall–Kier alpha value is -1.62. The fourth-order valence-electron chi connectivity index (χ4n) is 1.82. The van der Waals surface area contributed by atoms with Gasteiger partial charge in [-0.1, -0.05) is 0 Å². The van der Waals surface area contributed by atoms with Crippen molar-refractivity contribution in [1.29, 1.82) is 0 Å². The zero-order chi connectivity index (χ0) is 11.4. The van der Waals surface area contributed by atoms with Gasteiger partial charge in [0.1, 0.15) is 5.75 Å². The predicted octanol–water partition coefficient (Wildman–Crippen LogP) is 0.269. The molecule has 1 fully saturated rings. The molecule has 86 valence electrons. The summed E-state index contributed by atoms with van der Waals surface area (Å²) < 4.78 is 0. The lowest BCUT2D eigenvalue weighted by Crippen LogP contribution is -2.45. The molecule has 5 nitrogen and oxygen atoms in total. The highest BCUT2D eigenvalue weighted by atomic mass is 16.3. The lowest BCUT2D eigenvalue weighted by molar-refractivity contribution is 0.0928. The Kier molecular flexibility index (Phi) is 3.36. The lowest BCUT2D eigenvalue weighted by Gasteiger charge is -2.23. The van der Waals surface area contributed by atoms with E-state index >= 15 is 0 Å². The minimum absolute atomic E-state index is 0.0798. The van der Waals surface area contributed by atoms with E-state index in [0.29, 0.717) is 0 Å². The van der Waals surface area contributed by atoms with E-state index in [9.17, 15) is 9.90 Å². The van der Waals surface area contributed by atoms with Gasteiger partial charge >= 0.3 is 0 Å². The molecule has 1 aliphatic rings. The van der Waals surface area contributed by atoms with Crippen LogP contribution in [0.25, 0.3) is 0 Å². The molecule has 1 amide bonds. The Morgan fingerprint density at radius 3 is 3.19 bits per heavy atom. The number of aromatic nitrogens is 1. The van der Waals surface area contributed by atoms with Crippen LogP contribution in [0.2, 0.25) is 0 Å². The van der Waals surface area contributed by atoms with Crippen molar-refractivity contribution in [2.75, 3.05) is 13.1 Å². The van der Waals surface area contributed by atoms with E-state index < -0.39 is 0 Å². The minimum atomic E-state index is -0.242. The van der Waals surface area contributed by atoms with Gasteiger partial charge in [-0.25, -0.2) is 0 Å². The molecule has 2 rings (SSSR count). The highest BCUT2D eigenvalue weighted by molar-refractivity contribution is 5.96. The molecule has 1 aromatic heterocycles. The van der Waals surface area contributed by atoms with Crippen molar-refractivity contribution in [3.8, 4) is 5.75 Å². The monoisotopic (exact) mass is 221 g/mol. The maximum absolute atomic E-state index is 11.8. The van der Waals surface area contributed by atoms with Gasteiger partial charge in [-0.15, -0.1) is 0 Å². The van der Waals surface area contributed by atoms with Crippen molar-refractivity contribution in [2.24, 2.45) is 0 Å². The van der Waals surface area contributed by atoms with E-state index in [-0.39, 0.29) is 23.3 Å². The van der Waals surface area contributed by atoms with E-state index in [2.05, 4.69) is 15.6 Å². The fraction of sp³-hybridized carbons (Fsp3) is 0.455. The summed E-state index contributed by atoms with van der Waals surface area (Å²) in [6, 6.07) is 1.66. The van der Waals surface area contributed by atoms with Crippen LogP contribution in [-0.4, -0.2) is 35.1 Å². The SMILES string of the molecule is O=C(NC1CCCNC1)c1ccncc1O. The Morgan fingerprint density at radius 1 is 1.62 bits per heavy atom. The Labute approximate surface area is 93.9 Å². The summed E-state index contributed by atoms with van der Waals surface area (Å²) in [6.45, 7) is 1.80. The number of nitrogens with zero attached hydrogens (tertiary/aromatic N) is 1. The molecule has 0 radical (unpaired) electrons. The number of carbonyl (C=O) groups is 1. The molecule has 1 aliphatic heterocycles. The first kappa shape index (κ1) is 10.9. The van der Waals surface area contributed by atoms with Crippen molar-refractivity contribution < 1.29 is 9.90 Å². The number of amides is 1. The van der Waals surface area contributed by atoms with Gasteiger partial charge in [0.25, 0.3) is 5.91 Å². The molecule has 1 saturated heterocycles. The van der Waals surface area contributed by atoms with Crippen molar-refractivity contribution in [3.63, 3.8) is 0 Å². The van der Waals surface area contributed by atoms with Gasteiger partial charge in [-0.05, 0) is 25.5 Å². The van der Waals surface area contributed by atoms with Crippen LogP contribution in [0.3, 0.4) is 0 Å². The third kappa shape index (κ3) is 2.49. The maximum Gasteiger partial charge on any atom is 0.255 e. The van der Waals surface area contributed by atoms with Crippen molar-refractivity contribution in [1.82, 2.24) is 15.6 Å². The summed E-state index contributed by atoms with van der Waals surface area (Å²) in [5.74, 6) is -0.322. The van der Waals surface area contributed by atoms with Gasteiger partial charge in [0.15, 0.2) is 0 Å². The van der Waals surface area contributed by atoms with Crippen LogP contribution in [0, 0.1) is 0 Å². The predicted molar refractivity (Wildman–Crippen MR) is 59.3 cm³/mol. The second-order valence-electron chi connectivity index (χ2n) is 3.91. The first-order valence-corrected chi connectivity index (χ1v) is 5.42. The summed E-state index contributed by atoms with van der Waals surface area (Å²) >= 11 is 0. The Balaban J connectivity index is 2.00. The molecule has 1 atom stereocenters. The van der Waals surface area contributed by atoms with Crippen LogP contribution in [0.4, 0.5) is 0 Å². The van der Waals surface area contributed by atoms with Gasteiger partial charge in [-0.3, -0.25) is 9.78 Å². The highest BCUT2D eigenvalue weighted by Crippen LogP contribution is 2.14. The molecule has 0 bridgehead atoms.